The normalized spacial score (nSPS) is 22.7. The number of carbonyl (C=O) groups is 3. The summed E-state index contributed by atoms with van der Waals surface area (Å²) in [6.45, 7) is 1.88. The molecule has 0 spiro atoms. The standard InChI is InChI=1S/C25H30N8O9/c1-13(4-6-26)33-11-14(10-29-33)16-15-5-7-32(21(15)28-12-27-16)24(39)30(2)8-9-31(3)25(40)42-23-19(36)17(34)18(35)20(41-23)22(37)38/h5,7,10-13,17-20,23,34-36H,4,8-9H2,1-3H3,(H,37,38)/t13-,17-,18-,19+,20-,23-/m0/s1. The molecule has 0 aliphatic carbocycles. The molecule has 4 rings (SSSR count). The van der Waals surface area contributed by atoms with E-state index in [0.717, 1.165) is 4.90 Å². The fraction of sp³-hybridized carbons (Fsp3) is 0.480. The maximum Gasteiger partial charge on any atom is 0.411 e. The number of aliphatic carboxylic acids is 1. The Kier molecular flexibility index (Phi) is 9.02. The number of nitriles is 1. The molecule has 4 N–H and O–H groups in total. The second-order valence-corrected chi connectivity index (χ2v) is 9.81. The number of carbonyl (C=O) groups excluding carboxylic acids is 2. The molecule has 3 aromatic rings. The summed E-state index contributed by atoms with van der Waals surface area (Å²) in [5.41, 5.74) is 1.59. The molecule has 2 amide bonds. The maximum atomic E-state index is 13.2. The number of aliphatic hydroxyl groups is 3. The van der Waals surface area contributed by atoms with E-state index < -0.39 is 48.8 Å². The summed E-state index contributed by atoms with van der Waals surface area (Å²) in [5.74, 6) is -1.61. The Balaban J connectivity index is 1.39. The van der Waals surface area contributed by atoms with Crippen molar-refractivity contribution in [3.05, 3.63) is 31.0 Å². The molecule has 224 valence electrons. The van der Waals surface area contributed by atoms with Gasteiger partial charge < -0.3 is 39.7 Å². The van der Waals surface area contributed by atoms with Crippen LogP contribution < -0.4 is 0 Å². The van der Waals surface area contributed by atoms with Gasteiger partial charge in [0.2, 0.25) is 6.29 Å². The summed E-state index contributed by atoms with van der Waals surface area (Å²) < 4.78 is 13.0. The Bertz CT molecular complexity index is 1500. The SMILES string of the molecule is C[C@@H](CC#N)n1cc(-c2ncnc3c2ccn3C(=O)N(C)CCN(C)C(=O)O[C@@H]2O[C@H](C(=O)O)[C@@H](O)[C@H](O)[C@H]2O)cn1. The molecular formula is C25H30N8O9. The number of carboxylic acid groups (broad SMARTS) is 1. The monoisotopic (exact) mass is 586 g/mol. The Morgan fingerprint density at radius 3 is 2.55 bits per heavy atom. The largest absolute Gasteiger partial charge is 0.479 e. The van der Waals surface area contributed by atoms with Crippen molar-refractivity contribution in [1.82, 2.24) is 34.1 Å². The number of fused-ring (bicyclic) bond motifs is 1. The second-order valence-electron chi connectivity index (χ2n) is 9.81. The number of hydrogen-bond donors (Lipinski definition) is 4. The van der Waals surface area contributed by atoms with Crippen molar-refractivity contribution in [2.75, 3.05) is 27.2 Å². The van der Waals surface area contributed by atoms with Gasteiger partial charge in [0.25, 0.3) is 0 Å². The molecule has 6 atom stereocenters. The number of hydrogen-bond acceptors (Lipinski definition) is 12. The van der Waals surface area contributed by atoms with Crippen LogP contribution in [0, 0.1) is 11.3 Å². The molecule has 0 unspecified atom stereocenters. The molecule has 0 saturated carbocycles. The van der Waals surface area contributed by atoms with Gasteiger partial charge in [-0.3, -0.25) is 9.25 Å². The van der Waals surface area contributed by atoms with Crippen LogP contribution in [0.3, 0.4) is 0 Å². The number of aliphatic hydroxyl groups excluding tert-OH is 3. The summed E-state index contributed by atoms with van der Waals surface area (Å²) in [6.07, 6.45) is -3.97. The third kappa shape index (κ3) is 6.01. The van der Waals surface area contributed by atoms with E-state index in [1.54, 1.807) is 29.3 Å². The summed E-state index contributed by atoms with van der Waals surface area (Å²) in [5, 5.41) is 52.7. The minimum Gasteiger partial charge on any atom is -0.479 e. The van der Waals surface area contributed by atoms with Gasteiger partial charge in [-0.15, -0.1) is 0 Å². The van der Waals surface area contributed by atoms with Crippen LogP contribution in [0.4, 0.5) is 9.59 Å². The Hall–Kier alpha value is -4.63. The molecule has 0 aromatic carbocycles. The molecule has 42 heavy (non-hydrogen) atoms. The lowest BCUT2D eigenvalue weighted by Crippen LogP contribution is -2.61. The van der Waals surface area contributed by atoms with Gasteiger partial charge in [-0.2, -0.15) is 10.4 Å². The zero-order chi connectivity index (χ0) is 30.7. The topological polar surface area (TPSA) is 229 Å². The highest BCUT2D eigenvalue weighted by atomic mass is 16.7. The molecule has 0 radical (unpaired) electrons. The third-order valence-corrected chi connectivity index (χ3v) is 6.84. The van der Waals surface area contributed by atoms with E-state index in [2.05, 4.69) is 21.1 Å². The van der Waals surface area contributed by atoms with Gasteiger partial charge in [0.15, 0.2) is 11.8 Å². The fourth-order valence-electron chi connectivity index (χ4n) is 4.27. The maximum absolute atomic E-state index is 13.2. The highest BCUT2D eigenvalue weighted by molar-refractivity contribution is 5.96. The molecule has 3 aromatic heterocycles. The molecule has 1 aliphatic rings. The highest BCUT2D eigenvalue weighted by Crippen LogP contribution is 2.27. The van der Waals surface area contributed by atoms with Gasteiger partial charge in [-0.25, -0.2) is 24.4 Å². The molecule has 17 heteroatoms. The lowest BCUT2D eigenvalue weighted by atomic mass is 9.99. The second kappa shape index (κ2) is 12.5. The van der Waals surface area contributed by atoms with Crippen LogP contribution in [0.25, 0.3) is 22.3 Å². The molecular weight excluding hydrogens is 556 g/mol. The predicted molar refractivity (Wildman–Crippen MR) is 141 cm³/mol. The van der Waals surface area contributed by atoms with Gasteiger partial charge in [0.1, 0.15) is 24.6 Å². The van der Waals surface area contributed by atoms with Crippen molar-refractivity contribution >= 4 is 29.1 Å². The zero-order valence-corrected chi connectivity index (χ0v) is 22.9. The Morgan fingerprint density at radius 2 is 1.86 bits per heavy atom. The first kappa shape index (κ1) is 30.3. The summed E-state index contributed by atoms with van der Waals surface area (Å²) >= 11 is 0. The van der Waals surface area contributed by atoms with Crippen LogP contribution in [0.1, 0.15) is 19.4 Å². The van der Waals surface area contributed by atoms with Gasteiger partial charge in [-0.05, 0) is 13.0 Å². The number of amides is 2. The number of ether oxygens (including phenoxy) is 2. The van der Waals surface area contributed by atoms with Crippen LogP contribution in [0.15, 0.2) is 31.0 Å². The summed E-state index contributed by atoms with van der Waals surface area (Å²) in [4.78, 5) is 48.0. The van der Waals surface area contributed by atoms with Crippen LogP contribution in [0.2, 0.25) is 0 Å². The Labute approximate surface area is 238 Å². The number of rotatable bonds is 8. The minimum absolute atomic E-state index is 0.0308. The van der Waals surface area contributed by atoms with E-state index in [0.29, 0.717) is 28.7 Å². The average Bonchev–Trinajstić information content (AvgIpc) is 3.63. The quantitative estimate of drug-likeness (QED) is 0.264. The van der Waals surface area contributed by atoms with E-state index in [1.165, 1.54) is 29.9 Å². The van der Waals surface area contributed by atoms with Crippen molar-refractivity contribution in [3.8, 4) is 17.3 Å². The minimum atomic E-state index is -1.92. The van der Waals surface area contributed by atoms with E-state index >= 15 is 0 Å². The van der Waals surface area contributed by atoms with Crippen molar-refractivity contribution < 1.29 is 44.3 Å². The smallest absolute Gasteiger partial charge is 0.411 e. The summed E-state index contributed by atoms with van der Waals surface area (Å²) in [7, 11) is 2.86. The van der Waals surface area contributed by atoms with Crippen LogP contribution >= 0.6 is 0 Å². The van der Waals surface area contributed by atoms with Crippen molar-refractivity contribution in [3.63, 3.8) is 0 Å². The number of aromatic nitrogens is 5. The molecule has 17 nitrogen and oxygen atoms in total. The van der Waals surface area contributed by atoms with Gasteiger partial charge >= 0.3 is 18.1 Å². The van der Waals surface area contributed by atoms with Crippen LogP contribution in [-0.2, 0) is 14.3 Å². The van der Waals surface area contributed by atoms with Gasteiger partial charge in [0, 0.05) is 50.5 Å². The first-order chi connectivity index (χ1) is 19.9. The first-order valence-corrected chi connectivity index (χ1v) is 12.8. The third-order valence-electron chi connectivity index (χ3n) is 6.84. The van der Waals surface area contributed by atoms with E-state index in [4.69, 9.17) is 19.8 Å². The zero-order valence-electron chi connectivity index (χ0n) is 22.9. The Morgan fingerprint density at radius 1 is 1.14 bits per heavy atom. The van der Waals surface area contributed by atoms with Crippen LogP contribution in [0.5, 0.6) is 0 Å². The van der Waals surface area contributed by atoms with E-state index in [-0.39, 0.29) is 19.1 Å². The molecule has 1 aliphatic heterocycles. The fourth-order valence-corrected chi connectivity index (χ4v) is 4.27. The summed E-state index contributed by atoms with van der Waals surface area (Å²) in [6, 6.07) is 3.22. The van der Waals surface area contributed by atoms with Gasteiger partial charge in [-0.1, -0.05) is 0 Å². The van der Waals surface area contributed by atoms with E-state index in [1.807, 2.05) is 6.92 Å². The molecule has 1 saturated heterocycles. The lowest BCUT2D eigenvalue weighted by Gasteiger charge is -2.38. The van der Waals surface area contributed by atoms with Gasteiger partial charge in [0.05, 0.1) is 30.4 Å². The van der Waals surface area contributed by atoms with Crippen molar-refractivity contribution in [2.24, 2.45) is 0 Å². The average molecular weight is 587 g/mol. The molecule has 0 bridgehead atoms. The first-order valence-electron chi connectivity index (χ1n) is 12.8. The highest BCUT2D eigenvalue weighted by Gasteiger charge is 2.48. The number of likely N-dealkylation sites (N-methyl/N-ethyl adjacent to an activating group) is 2. The number of nitrogens with zero attached hydrogens (tertiary/aromatic N) is 8. The predicted octanol–water partition coefficient (Wildman–Crippen LogP) is -0.370. The molecule has 1 fully saturated rings. The van der Waals surface area contributed by atoms with Crippen LogP contribution in [-0.4, -0.2) is 131 Å². The van der Waals surface area contributed by atoms with E-state index in [9.17, 15) is 29.7 Å². The van der Waals surface area contributed by atoms with Crippen molar-refractivity contribution in [2.45, 2.75) is 50.1 Å². The van der Waals surface area contributed by atoms with Crippen molar-refractivity contribution in [1.29, 1.82) is 5.26 Å². The lowest BCUT2D eigenvalue weighted by molar-refractivity contribution is -0.279. The number of carboxylic acids is 1. The molecule has 4 heterocycles.